The Morgan fingerprint density at radius 1 is 1.50 bits per heavy atom. The number of H-pyrrole nitrogens is 1. The Balaban J connectivity index is 1.99. The molecule has 0 aliphatic carbocycles. The van der Waals surface area contributed by atoms with E-state index in [9.17, 15) is 4.79 Å². The maximum Gasteiger partial charge on any atom is 0.252 e. The van der Waals surface area contributed by atoms with E-state index >= 15 is 0 Å². The molecule has 2 N–H and O–H groups in total. The van der Waals surface area contributed by atoms with Crippen molar-refractivity contribution in [3.63, 3.8) is 0 Å². The number of aromatic amines is 1. The molecule has 6 nitrogen and oxygen atoms in total. The molecule has 0 aliphatic rings. The van der Waals surface area contributed by atoms with Crippen molar-refractivity contribution in [2.75, 3.05) is 5.32 Å². The SMILES string of the molecule is CCc1cnc(CNc2cc(=O)[nH]cn2)o1. The van der Waals surface area contributed by atoms with Gasteiger partial charge in [-0.15, -0.1) is 0 Å². The lowest BCUT2D eigenvalue weighted by molar-refractivity contribution is 0.465. The van der Waals surface area contributed by atoms with Crippen LogP contribution in [0.4, 0.5) is 5.82 Å². The van der Waals surface area contributed by atoms with Crippen LogP contribution >= 0.6 is 0 Å². The van der Waals surface area contributed by atoms with E-state index in [0.29, 0.717) is 18.3 Å². The van der Waals surface area contributed by atoms with Crippen LogP contribution in [0.25, 0.3) is 0 Å². The molecule has 0 saturated carbocycles. The maximum atomic E-state index is 11.0. The third-order valence-electron chi connectivity index (χ3n) is 2.05. The number of oxazole rings is 1. The predicted octanol–water partition coefficient (Wildman–Crippen LogP) is 0.932. The first-order valence-corrected chi connectivity index (χ1v) is 5.00. The van der Waals surface area contributed by atoms with Crippen molar-refractivity contribution < 1.29 is 4.42 Å². The van der Waals surface area contributed by atoms with Crippen LogP contribution in [0.5, 0.6) is 0 Å². The lowest BCUT2D eigenvalue weighted by Gasteiger charge is -2.00. The zero-order valence-electron chi connectivity index (χ0n) is 8.86. The molecule has 2 aromatic rings. The molecule has 0 aliphatic heterocycles. The van der Waals surface area contributed by atoms with Crippen molar-refractivity contribution in [2.45, 2.75) is 19.9 Å². The number of hydrogen-bond donors (Lipinski definition) is 2. The van der Waals surface area contributed by atoms with Crippen LogP contribution in [0, 0.1) is 0 Å². The molecular weight excluding hydrogens is 208 g/mol. The molecule has 16 heavy (non-hydrogen) atoms. The first-order valence-electron chi connectivity index (χ1n) is 5.00. The molecule has 2 rings (SSSR count). The molecule has 84 valence electrons. The van der Waals surface area contributed by atoms with Crippen LogP contribution < -0.4 is 10.9 Å². The average molecular weight is 220 g/mol. The Morgan fingerprint density at radius 2 is 2.38 bits per heavy atom. The van der Waals surface area contributed by atoms with Crippen LogP contribution in [0.3, 0.4) is 0 Å². The summed E-state index contributed by atoms with van der Waals surface area (Å²) >= 11 is 0. The van der Waals surface area contributed by atoms with Crippen LogP contribution in [0.1, 0.15) is 18.6 Å². The second kappa shape index (κ2) is 4.61. The van der Waals surface area contributed by atoms with E-state index in [1.165, 1.54) is 12.4 Å². The van der Waals surface area contributed by atoms with Crippen molar-refractivity contribution in [1.29, 1.82) is 0 Å². The molecule has 0 radical (unpaired) electrons. The van der Waals surface area contributed by atoms with Gasteiger partial charge in [-0.25, -0.2) is 9.97 Å². The highest BCUT2D eigenvalue weighted by molar-refractivity contribution is 5.31. The molecule has 0 amide bonds. The smallest absolute Gasteiger partial charge is 0.252 e. The van der Waals surface area contributed by atoms with Crippen molar-refractivity contribution >= 4 is 5.82 Å². The third-order valence-corrected chi connectivity index (χ3v) is 2.05. The monoisotopic (exact) mass is 220 g/mol. The number of nitrogens with zero attached hydrogens (tertiary/aromatic N) is 2. The molecule has 0 atom stereocenters. The van der Waals surface area contributed by atoms with E-state index in [-0.39, 0.29) is 5.56 Å². The molecule has 0 fully saturated rings. The Morgan fingerprint density at radius 3 is 3.06 bits per heavy atom. The van der Waals surface area contributed by atoms with Crippen molar-refractivity contribution in [2.24, 2.45) is 0 Å². The van der Waals surface area contributed by atoms with Crippen LogP contribution in [-0.2, 0) is 13.0 Å². The van der Waals surface area contributed by atoms with E-state index in [0.717, 1.165) is 12.2 Å². The summed E-state index contributed by atoms with van der Waals surface area (Å²) in [4.78, 5) is 21.4. The first kappa shape index (κ1) is 10.4. The summed E-state index contributed by atoms with van der Waals surface area (Å²) in [7, 11) is 0. The Hall–Kier alpha value is -2.11. The summed E-state index contributed by atoms with van der Waals surface area (Å²) in [5.41, 5.74) is -0.195. The fourth-order valence-electron chi connectivity index (χ4n) is 1.22. The summed E-state index contributed by atoms with van der Waals surface area (Å²) in [6, 6.07) is 1.38. The number of hydrogen-bond acceptors (Lipinski definition) is 5. The van der Waals surface area contributed by atoms with Gasteiger partial charge >= 0.3 is 0 Å². The van der Waals surface area contributed by atoms with Gasteiger partial charge in [0.2, 0.25) is 5.89 Å². The molecule has 6 heteroatoms. The minimum Gasteiger partial charge on any atom is -0.444 e. The lowest BCUT2D eigenvalue weighted by atomic mass is 10.4. The van der Waals surface area contributed by atoms with E-state index < -0.39 is 0 Å². The summed E-state index contributed by atoms with van der Waals surface area (Å²) in [5, 5.41) is 2.95. The topological polar surface area (TPSA) is 83.8 Å². The lowest BCUT2D eigenvalue weighted by Crippen LogP contribution is -2.08. The predicted molar refractivity (Wildman–Crippen MR) is 58.1 cm³/mol. The molecular formula is C10H12N4O2. The average Bonchev–Trinajstić information content (AvgIpc) is 2.74. The Bertz CT molecular complexity index is 517. The van der Waals surface area contributed by atoms with E-state index in [2.05, 4.69) is 20.3 Å². The second-order valence-electron chi connectivity index (χ2n) is 3.22. The summed E-state index contributed by atoms with van der Waals surface area (Å²) < 4.78 is 5.40. The molecule has 2 aromatic heterocycles. The highest BCUT2D eigenvalue weighted by atomic mass is 16.4. The number of aryl methyl sites for hydroxylation is 1. The number of anilines is 1. The number of nitrogens with one attached hydrogen (secondary N) is 2. The van der Waals surface area contributed by atoms with Gasteiger partial charge in [0, 0.05) is 12.5 Å². The maximum absolute atomic E-state index is 11.0. The molecule has 0 unspecified atom stereocenters. The molecule has 0 spiro atoms. The minimum atomic E-state index is -0.195. The zero-order chi connectivity index (χ0) is 11.4. The van der Waals surface area contributed by atoms with Gasteiger partial charge in [0.1, 0.15) is 11.6 Å². The van der Waals surface area contributed by atoms with Crippen LogP contribution in [-0.4, -0.2) is 15.0 Å². The normalized spacial score (nSPS) is 10.3. The van der Waals surface area contributed by atoms with Crippen molar-refractivity contribution in [1.82, 2.24) is 15.0 Å². The standard InChI is InChI=1S/C10H12N4O2/c1-2-7-4-12-10(16-7)5-11-8-3-9(15)14-6-13-8/h3-4,6H,2,5H2,1H3,(H2,11,13,14,15). The van der Waals surface area contributed by atoms with Crippen molar-refractivity contribution in [3.05, 3.63) is 40.6 Å². The Labute approximate surface area is 91.7 Å². The first-order chi connectivity index (χ1) is 7.78. The molecule has 0 saturated heterocycles. The number of rotatable bonds is 4. The largest absolute Gasteiger partial charge is 0.444 e. The fraction of sp³-hybridized carbons (Fsp3) is 0.300. The van der Waals surface area contributed by atoms with Gasteiger partial charge in [0.15, 0.2) is 0 Å². The van der Waals surface area contributed by atoms with Gasteiger partial charge in [0.05, 0.1) is 19.1 Å². The third kappa shape index (κ3) is 2.47. The molecule has 0 aromatic carbocycles. The molecule has 0 bridgehead atoms. The zero-order valence-corrected chi connectivity index (χ0v) is 8.86. The van der Waals surface area contributed by atoms with E-state index in [4.69, 9.17) is 4.42 Å². The van der Waals surface area contributed by atoms with Crippen LogP contribution in [0.2, 0.25) is 0 Å². The highest BCUT2D eigenvalue weighted by Gasteiger charge is 2.02. The van der Waals surface area contributed by atoms with Crippen molar-refractivity contribution in [3.8, 4) is 0 Å². The van der Waals surface area contributed by atoms with Gasteiger partial charge in [-0.3, -0.25) is 4.79 Å². The van der Waals surface area contributed by atoms with Gasteiger partial charge < -0.3 is 14.7 Å². The Kier molecular flexibility index (Phi) is 3.00. The summed E-state index contributed by atoms with van der Waals surface area (Å²) in [5.74, 6) is 1.93. The molecule has 2 heterocycles. The second-order valence-corrected chi connectivity index (χ2v) is 3.22. The van der Waals surface area contributed by atoms with Gasteiger partial charge in [-0.1, -0.05) is 6.92 Å². The van der Waals surface area contributed by atoms with Gasteiger partial charge in [-0.05, 0) is 0 Å². The van der Waals surface area contributed by atoms with Gasteiger partial charge in [-0.2, -0.15) is 0 Å². The summed E-state index contributed by atoms with van der Waals surface area (Å²) in [6.45, 7) is 2.41. The quantitative estimate of drug-likeness (QED) is 0.800. The minimum absolute atomic E-state index is 0.195. The highest BCUT2D eigenvalue weighted by Crippen LogP contribution is 2.06. The van der Waals surface area contributed by atoms with E-state index in [1.807, 2.05) is 6.92 Å². The number of aromatic nitrogens is 3. The van der Waals surface area contributed by atoms with Gasteiger partial charge in [0.25, 0.3) is 5.56 Å². The van der Waals surface area contributed by atoms with Crippen LogP contribution in [0.15, 0.2) is 27.8 Å². The summed E-state index contributed by atoms with van der Waals surface area (Å²) in [6.07, 6.45) is 3.86. The van der Waals surface area contributed by atoms with E-state index in [1.54, 1.807) is 6.20 Å². The fourth-order valence-corrected chi connectivity index (χ4v) is 1.22.